The molecule has 2 aromatic rings. The Kier molecular flexibility index (Phi) is 3.74. The fourth-order valence-corrected chi connectivity index (χ4v) is 2.12. The lowest BCUT2D eigenvalue weighted by Crippen LogP contribution is -2.24. The minimum Gasteiger partial charge on any atom is -0.422 e. The van der Waals surface area contributed by atoms with Gasteiger partial charge in [0.15, 0.2) is 6.29 Å². The molecule has 0 fully saturated rings. The maximum Gasteiger partial charge on any atom is 0.346 e. The molecule has 0 aliphatic heterocycles. The standard InChI is InChI=1S/C14H14BNO3/c1-3-16(4-2)9-5-6-10-12(7-9)19-14(18)11(8-17)13(10)15/h5-8H,3-4H2,1-2H3. The lowest BCUT2D eigenvalue weighted by Gasteiger charge is -2.21. The Hall–Kier alpha value is -2.04. The van der Waals surface area contributed by atoms with Crippen LogP contribution >= 0.6 is 0 Å². The lowest BCUT2D eigenvalue weighted by molar-refractivity contribution is 0.112. The van der Waals surface area contributed by atoms with Crippen LogP contribution in [0.5, 0.6) is 0 Å². The third kappa shape index (κ3) is 2.28. The highest BCUT2D eigenvalue weighted by Gasteiger charge is 2.11. The van der Waals surface area contributed by atoms with Crippen molar-refractivity contribution in [3.05, 3.63) is 34.2 Å². The van der Waals surface area contributed by atoms with Crippen LogP contribution in [0.2, 0.25) is 0 Å². The van der Waals surface area contributed by atoms with Gasteiger partial charge in [0.2, 0.25) is 0 Å². The molecule has 0 amide bonds. The second-order valence-electron chi connectivity index (χ2n) is 4.19. The third-order valence-corrected chi connectivity index (χ3v) is 3.21. The number of aldehydes is 1. The number of nitrogens with zero attached hydrogens (tertiary/aromatic N) is 1. The summed E-state index contributed by atoms with van der Waals surface area (Å²) in [6.07, 6.45) is 0.429. The van der Waals surface area contributed by atoms with E-state index in [0.717, 1.165) is 18.8 Å². The maximum atomic E-state index is 11.6. The highest BCUT2D eigenvalue weighted by molar-refractivity contribution is 6.41. The average molecular weight is 255 g/mol. The highest BCUT2D eigenvalue weighted by atomic mass is 16.4. The largest absolute Gasteiger partial charge is 0.422 e. The third-order valence-electron chi connectivity index (χ3n) is 3.21. The quantitative estimate of drug-likeness (QED) is 0.468. The van der Waals surface area contributed by atoms with Gasteiger partial charge < -0.3 is 9.32 Å². The van der Waals surface area contributed by atoms with Crippen molar-refractivity contribution in [2.24, 2.45) is 0 Å². The van der Waals surface area contributed by atoms with Gasteiger partial charge in [-0.05, 0) is 26.0 Å². The molecule has 0 bridgehead atoms. The fraction of sp³-hybridized carbons (Fsp3) is 0.286. The fourth-order valence-electron chi connectivity index (χ4n) is 2.12. The van der Waals surface area contributed by atoms with Crippen LogP contribution < -0.4 is 16.0 Å². The molecule has 0 aliphatic rings. The van der Waals surface area contributed by atoms with Crippen molar-refractivity contribution in [2.75, 3.05) is 18.0 Å². The minimum atomic E-state index is -0.698. The maximum absolute atomic E-state index is 11.6. The molecule has 0 saturated heterocycles. The van der Waals surface area contributed by atoms with E-state index in [4.69, 9.17) is 12.3 Å². The predicted octanol–water partition coefficient (Wildman–Crippen LogP) is 1.25. The Morgan fingerprint density at radius 2 is 2.00 bits per heavy atom. The zero-order chi connectivity index (χ0) is 14.0. The van der Waals surface area contributed by atoms with Crippen molar-refractivity contribution in [1.82, 2.24) is 0 Å². The van der Waals surface area contributed by atoms with Crippen LogP contribution in [0.1, 0.15) is 24.2 Å². The number of carbonyl (C=O) groups excluding carboxylic acids is 1. The van der Waals surface area contributed by atoms with E-state index in [-0.39, 0.29) is 11.0 Å². The Labute approximate surface area is 112 Å². The van der Waals surface area contributed by atoms with E-state index < -0.39 is 5.63 Å². The molecule has 0 N–H and O–H groups in total. The summed E-state index contributed by atoms with van der Waals surface area (Å²) in [5, 5.41) is 0.581. The molecule has 1 heterocycles. The number of hydrogen-bond donors (Lipinski definition) is 0. The van der Waals surface area contributed by atoms with Gasteiger partial charge in [-0.1, -0.05) is 5.46 Å². The number of fused-ring (bicyclic) bond motifs is 1. The summed E-state index contributed by atoms with van der Waals surface area (Å²) in [4.78, 5) is 24.6. The van der Waals surface area contributed by atoms with Crippen molar-refractivity contribution in [1.29, 1.82) is 0 Å². The van der Waals surface area contributed by atoms with Crippen LogP contribution in [-0.4, -0.2) is 27.2 Å². The highest BCUT2D eigenvalue weighted by Crippen LogP contribution is 2.20. The Morgan fingerprint density at radius 3 is 2.58 bits per heavy atom. The van der Waals surface area contributed by atoms with Gasteiger partial charge in [0.05, 0.1) is 5.56 Å². The molecule has 5 heteroatoms. The Balaban J connectivity index is 2.68. The molecule has 4 nitrogen and oxygen atoms in total. The number of carbonyl (C=O) groups is 1. The van der Waals surface area contributed by atoms with Gasteiger partial charge in [-0.15, -0.1) is 0 Å². The minimum absolute atomic E-state index is 0.122. The molecule has 96 valence electrons. The van der Waals surface area contributed by atoms with Gasteiger partial charge in [0.1, 0.15) is 13.4 Å². The molecular weight excluding hydrogens is 241 g/mol. The van der Waals surface area contributed by atoms with Gasteiger partial charge in [0, 0.05) is 30.2 Å². The summed E-state index contributed by atoms with van der Waals surface area (Å²) in [5.74, 6) is 0. The number of hydrogen-bond acceptors (Lipinski definition) is 4. The Bertz CT molecular complexity index is 674. The van der Waals surface area contributed by atoms with Crippen LogP contribution in [0, 0.1) is 0 Å². The molecule has 0 unspecified atom stereocenters. The molecule has 0 saturated carbocycles. The first-order valence-corrected chi connectivity index (χ1v) is 6.18. The van der Waals surface area contributed by atoms with Crippen LogP contribution in [0.3, 0.4) is 0 Å². The monoisotopic (exact) mass is 255 g/mol. The van der Waals surface area contributed by atoms with Crippen molar-refractivity contribution in [2.45, 2.75) is 13.8 Å². The van der Waals surface area contributed by atoms with Crippen LogP contribution in [0.4, 0.5) is 5.69 Å². The summed E-state index contributed by atoms with van der Waals surface area (Å²) in [7, 11) is 5.82. The SMILES string of the molecule is [B]c1c(C=O)c(=O)oc2cc(N(CC)CC)ccc12. The molecule has 2 rings (SSSR count). The van der Waals surface area contributed by atoms with Crippen molar-refractivity contribution in [3.8, 4) is 0 Å². The van der Waals surface area contributed by atoms with Gasteiger partial charge in [-0.3, -0.25) is 4.79 Å². The van der Waals surface area contributed by atoms with Gasteiger partial charge >= 0.3 is 5.63 Å². The zero-order valence-electron chi connectivity index (χ0n) is 11.0. The van der Waals surface area contributed by atoms with E-state index in [1.807, 2.05) is 19.9 Å². The van der Waals surface area contributed by atoms with E-state index >= 15 is 0 Å². The first kappa shape index (κ1) is 13.4. The van der Waals surface area contributed by atoms with Crippen LogP contribution in [-0.2, 0) is 0 Å². The van der Waals surface area contributed by atoms with Crippen molar-refractivity contribution < 1.29 is 9.21 Å². The average Bonchev–Trinajstić information content (AvgIpc) is 2.40. The first-order valence-electron chi connectivity index (χ1n) is 6.18. The number of anilines is 1. The van der Waals surface area contributed by atoms with Crippen molar-refractivity contribution >= 4 is 36.3 Å². The second-order valence-corrected chi connectivity index (χ2v) is 4.19. The van der Waals surface area contributed by atoms with Gasteiger partial charge in [-0.2, -0.15) is 0 Å². The molecule has 1 aromatic carbocycles. The van der Waals surface area contributed by atoms with Crippen molar-refractivity contribution in [3.63, 3.8) is 0 Å². The summed E-state index contributed by atoms with van der Waals surface area (Å²) >= 11 is 0. The predicted molar refractivity (Wildman–Crippen MR) is 76.8 cm³/mol. The number of rotatable bonds is 4. The zero-order valence-corrected chi connectivity index (χ0v) is 11.0. The topological polar surface area (TPSA) is 50.5 Å². The summed E-state index contributed by atoms with van der Waals surface area (Å²) in [6.45, 7) is 5.81. The molecule has 19 heavy (non-hydrogen) atoms. The summed E-state index contributed by atoms with van der Waals surface area (Å²) in [6, 6.07) is 5.45. The molecule has 0 atom stereocenters. The first-order chi connectivity index (χ1) is 9.12. The van der Waals surface area contributed by atoms with Crippen LogP contribution in [0.15, 0.2) is 27.4 Å². The molecule has 1 aromatic heterocycles. The van der Waals surface area contributed by atoms with E-state index in [0.29, 0.717) is 17.3 Å². The second kappa shape index (κ2) is 5.30. The van der Waals surface area contributed by atoms with E-state index in [1.54, 1.807) is 12.1 Å². The number of benzene rings is 1. The lowest BCUT2D eigenvalue weighted by atomic mass is 9.88. The molecule has 0 aliphatic carbocycles. The Morgan fingerprint density at radius 1 is 1.32 bits per heavy atom. The summed E-state index contributed by atoms with van der Waals surface area (Å²) in [5.41, 5.74) is 0.712. The smallest absolute Gasteiger partial charge is 0.346 e. The molecule has 2 radical (unpaired) electrons. The molecule has 0 spiro atoms. The summed E-state index contributed by atoms with van der Waals surface area (Å²) < 4.78 is 5.15. The van der Waals surface area contributed by atoms with Gasteiger partial charge in [0.25, 0.3) is 0 Å². The van der Waals surface area contributed by atoms with E-state index in [9.17, 15) is 9.59 Å². The normalized spacial score (nSPS) is 10.6. The van der Waals surface area contributed by atoms with E-state index in [2.05, 4.69) is 4.90 Å². The van der Waals surface area contributed by atoms with Gasteiger partial charge in [-0.25, -0.2) is 4.79 Å². The van der Waals surface area contributed by atoms with E-state index in [1.165, 1.54) is 0 Å². The van der Waals surface area contributed by atoms with Crippen LogP contribution in [0.25, 0.3) is 11.0 Å². The molecular formula is C14H14BNO3.